The monoisotopic (exact) mass is 225 g/mol. The van der Waals surface area contributed by atoms with E-state index in [4.69, 9.17) is 16.9 Å². The number of rotatable bonds is 2. The molecule has 0 heterocycles. The summed E-state index contributed by atoms with van der Waals surface area (Å²) in [6.45, 7) is 2.05. The highest BCUT2D eigenvalue weighted by Crippen LogP contribution is 2.23. The van der Waals surface area contributed by atoms with Gasteiger partial charge in [-0.2, -0.15) is 0 Å². The van der Waals surface area contributed by atoms with Crippen LogP contribution in [0.2, 0.25) is 0 Å². The van der Waals surface area contributed by atoms with Gasteiger partial charge in [0.1, 0.15) is 5.84 Å². The number of nitrogen functional groups attached to an aromatic ring is 2. The molecular formula is C14H15N3. The number of aryl methyl sites for hydroxylation is 1. The Morgan fingerprint density at radius 2 is 1.59 bits per heavy atom. The lowest BCUT2D eigenvalue weighted by atomic mass is 10.0. The van der Waals surface area contributed by atoms with Crippen molar-refractivity contribution in [3.05, 3.63) is 53.6 Å². The second-order valence-corrected chi connectivity index (χ2v) is 4.08. The van der Waals surface area contributed by atoms with E-state index >= 15 is 0 Å². The van der Waals surface area contributed by atoms with Crippen molar-refractivity contribution in [2.24, 2.45) is 5.73 Å². The minimum absolute atomic E-state index is 0.00328. The summed E-state index contributed by atoms with van der Waals surface area (Å²) in [5, 5.41) is 7.47. The standard InChI is InChI=1S/C14H15N3/c1-9-2-4-10(5-3-9)11-6-7-13(15)12(8-11)14(16)17/h2-8H,15H2,1H3,(H3,16,17). The molecule has 0 amide bonds. The van der Waals surface area contributed by atoms with E-state index in [2.05, 4.69) is 12.1 Å². The van der Waals surface area contributed by atoms with Gasteiger partial charge in [0, 0.05) is 11.3 Å². The largest absolute Gasteiger partial charge is 0.398 e. The van der Waals surface area contributed by atoms with Gasteiger partial charge in [-0.1, -0.05) is 35.9 Å². The normalized spacial score (nSPS) is 10.2. The van der Waals surface area contributed by atoms with E-state index in [1.165, 1.54) is 5.56 Å². The quantitative estimate of drug-likeness (QED) is 0.417. The van der Waals surface area contributed by atoms with Crippen molar-refractivity contribution in [2.75, 3.05) is 5.73 Å². The fourth-order valence-electron chi connectivity index (χ4n) is 1.72. The molecule has 86 valence electrons. The van der Waals surface area contributed by atoms with Crippen molar-refractivity contribution in [2.45, 2.75) is 6.92 Å². The van der Waals surface area contributed by atoms with Gasteiger partial charge in [-0.05, 0) is 30.2 Å². The molecule has 5 N–H and O–H groups in total. The molecule has 2 aromatic rings. The second-order valence-electron chi connectivity index (χ2n) is 4.08. The average molecular weight is 225 g/mol. The highest BCUT2D eigenvalue weighted by Gasteiger charge is 2.05. The second kappa shape index (κ2) is 4.29. The van der Waals surface area contributed by atoms with Crippen LogP contribution in [0.3, 0.4) is 0 Å². The summed E-state index contributed by atoms with van der Waals surface area (Å²) >= 11 is 0. The summed E-state index contributed by atoms with van der Waals surface area (Å²) in [6.07, 6.45) is 0. The zero-order valence-electron chi connectivity index (χ0n) is 9.70. The molecule has 0 aliphatic carbocycles. The lowest BCUT2D eigenvalue weighted by molar-refractivity contribution is 1.42. The van der Waals surface area contributed by atoms with Crippen LogP contribution in [0.25, 0.3) is 11.1 Å². The van der Waals surface area contributed by atoms with Gasteiger partial charge in [-0.25, -0.2) is 0 Å². The first kappa shape index (κ1) is 11.2. The molecule has 2 aromatic carbocycles. The van der Waals surface area contributed by atoms with Crippen molar-refractivity contribution in [3.8, 4) is 11.1 Å². The summed E-state index contributed by atoms with van der Waals surface area (Å²) in [5.74, 6) is -0.00328. The summed E-state index contributed by atoms with van der Waals surface area (Å²) in [5.41, 5.74) is 15.7. The first-order valence-electron chi connectivity index (χ1n) is 5.39. The van der Waals surface area contributed by atoms with Crippen molar-refractivity contribution >= 4 is 11.5 Å². The molecule has 0 aromatic heterocycles. The van der Waals surface area contributed by atoms with Gasteiger partial charge in [0.15, 0.2) is 0 Å². The highest BCUT2D eigenvalue weighted by atomic mass is 14.7. The van der Waals surface area contributed by atoms with Crippen LogP contribution in [-0.4, -0.2) is 5.84 Å². The van der Waals surface area contributed by atoms with E-state index in [9.17, 15) is 0 Å². The summed E-state index contributed by atoms with van der Waals surface area (Å²) in [7, 11) is 0. The van der Waals surface area contributed by atoms with Gasteiger partial charge >= 0.3 is 0 Å². The van der Waals surface area contributed by atoms with Gasteiger partial charge in [0.2, 0.25) is 0 Å². The molecule has 0 fully saturated rings. The van der Waals surface area contributed by atoms with Crippen molar-refractivity contribution in [3.63, 3.8) is 0 Å². The lowest BCUT2D eigenvalue weighted by Crippen LogP contribution is -2.13. The van der Waals surface area contributed by atoms with Gasteiger partial charge in [0.05, 0.1) is 0 Å². The van der Waals surface area contributed by atoms with Crippen LogP contribution in [0.15, 0.2) is 42.5 Å². The maximum absolute atomic E-state index is 7.47. The maximum Gasteiger partial charge on any atom is 0.124 e. The number of nitrogens with two attached hydrogens (primary N) is 2. The minimum Gasteiger partial charge on any atom is -0.398 e. The molecule has 3 heteroatoms. The molecule has 0 bridgehead atoms. The van der Waals surface area contributed by atoms with Crippen molar-refractivity contribution in [1.29, 1.82) is 5.41 Å². The number of hydrogen-bond donors (Lipinski definition) is 3. The Kier molecular flexibility index (Phi) is 2.83. The number of anilines is 1. The Labute approximate surface area is 101 Å². The van der Waals surface area contributed by atoms with E-state index in [-0.39, 0.29) is 5.84 Å². The van der Waals surface area contributed by atoms with Crippen LogP contribution in [-0.2, 0) is 0 Å². The van der Waals surface area contributed by atoms with Gasteiger partial charge < -0.3 is 11.5 Å². The highest BCUT2D eigenvalue weighted by molar-refractivity contribution is 6.01. The number of nitrogens with one attached hydrogen (secondary N) is 1. The number of hydrogen-bond acceptors (Lipinski definition) is 2. The average Bonchev–Trinajstić information content (AvgIpc) is 2.30. The fourth-order valence-corrected chi connectivity index (χ4v) is 1.72. The third-order valence-electron chi connectivity index (χ3n) is 2.73. The molecule has 0 aliphatic rings. The number of amidine groups is 1. The van der Waals surface area contributed by atoms with E-state index in [0.717, 1.165) is 11.1 Å². The topological polar surface area (TPSA) is 75.9 Å². The van der Waals surface area contributed by atoms with E-state index in [1.807, 2.05) is 31.2 Å². The zero-order valence-corrected chi connectivity index (χ0v) is 9.70. The molecular weight excluding hydrogens is 210 g/mol. The number of benzene rings is 2. The van der Waals surface area contributed by atoms with Crippen LogP contribution in [0.4, 0.5) is 5.69 Å². The third-order valence-corrected chi connectivity index (χ3v) is 2.73. The SMILES string of the molecule is Cc1ccc(-c2ccc(N)c(C(=N)N)c2)cc1. The van der Waals surface area contributed by atoms with Crippen LogP contribution >= 0.6 is 0 Å². The Morgan fingerprint density at radius 3 is 2.18 bits per heavy atom. The summed E-state index contributed by atoms with van der Waals surface area (Å²) < 4.78 is 0. The predicted molar refractivity (Wildman–Crippen MR) is 72.0 cm³/mol. The molecule has 0 saturated carbocycles. The van der Waals surface area contributed by atoms with Crippen LogP contribution < -0.4 is 11.5 Å². The molecule has 0 spiro atoms. The first-order valence-corrected chi connectivity index (χ1v) is 5.39. The Balaban J connectivity index is 2.50. The fraction of sp³-hybridized carbons (Fsp3) is 0.0714. The molecule has 0 saturated heterocycles. The van der Waals surface area contributed by atoms with Crippen molar-refractivity contribution in [1.82, 2.24) is 0 Å². The molecule has 0 atom stereocenters. The molecule has 0 radical (unpaired) electrons. The Hall–Kier alpha value is -2.29. The van der Waals surface area contributed by atoms with Crippen molar-refractivity contribution < 1.29 is 0 Å². The van der Waals surface area contributed by atoms with Gasteiger partial charge in [-0.15, -0.1) is 0 Å². The molecule has 0 unspecified atom stereocenters. The first-order chi connectivity index (χ1) is 8.08. The zero-order chi connectivity index (χ0) is 12.4. The van der Waals surface area contributed by atoms with E-state index in [1.54, 1.807) is 6.07 Å². The molecule has 0 aliphatic heterocycles. The molecule has 2 rings (SSSR count). The maximum atomic E-state index is 7.47. The minimum atomic E-state index is -0.00328. The Morgan fingerprint density at radius 1 is 1.00 bits per heavy atom. The summed E-state index contributed by atoms with van der Waals surface area (Å²) in [6, 6.07) is 13.8. The third kappa shape index (κ3) is 2.28. The van der Waals surface area contributed by atoms with Gasteiger partial charge in [0.25, 0.3) is 0 Å². The Bertz CT molecular complexity index is 556. The lowest BCUT2D eigenvalue weighted by Gasteiger charge is -2.07. The molecule has 3 nitrogen and oxygen atoms in total. The van der Waals surface area contributed by atoms with E-state index in [0.29, 0.717) is 11.3 Å². The van der Waals surface area contributed by atoms with Gasteiger partial charge in [-0.3, -0.25) is 5.41 Å². The molecule has 17 heavy (non-hydrogen) atoms. The van der Waals surface area contributed by atoms with Crippen LogP contribution in [0, 0.1) is 12.3 Å². The van der Waals surface area contributed by atoms with Crippen LogP contribution in [0.5, 0.6) is 0 Å². The van der Waals surface area contributed by atoms with Crippen LogP contribution in [0.1, 0.15) is 11.1 Å². The van der Waals surface area contributed by atoms with E-state index < -0.39 is 0 Å². The smallest absolute Gasteiger partial charge is 0.124 e. The summed E-state index contributed by atoms with van der Waals surface area (Å²) in [4.78, 5) is 0. The predicted octanol–water partition coefficient (Wildman–Crippen LogP) is 2.53.